The van der Waals surface area contributed by atoms with Crippen molar-refractivity contribution >= 4 is 11.0 Å². The van der Waals surface area contributed by atoms with E-state index in [4.69, 9.17) is 4.74 Å². The minimum Gasteiger partial charge on any atom is -0.492 e. The van der Waals surface area contributed by atoms with Gasteiger partial charge in [-0.15, -0.1) is 0 Å². The van der Waals surface area contributed by atoms with E-state index >= 15 is 0 Å². The summed E-state index contributed by atoms with van der Waals surface area (Å²) in [6.07, 6.45) is 11.4. The van der Waals surface area contributed by atoms with E-state index in [1.807, 2.05) is 31.5 Å². The van der Waals surface area contributed by atoms with E-state index in [2.05, 4.69) is 32.7 Å². The van der Waals surface area contributed by atoms with Crippen molar-refractivity contribution in [2.45, 2.75) is 52.0 Å². The quantitative estimate of drug-likeness (QED) is 0.628. The number of rotatable bonds is 6. The van der Waals surface area contributed by atoms with Gasteiger partial charge in [0.15, 0.2) is 0 Å². The average Bonchev–Trinajstić information content (AvgIpc) is 3.02. The van der Waals surface area contributed by atoms with Gasteiger partial charge in [0.1, 0.15) is 11.4 Å². The topological polar surface area (TPSA) is 39.9 Å². The molecule has 0 bridgehead atoms. The van der Waals surface area contributed by atoms with E-state index in [9.17, 15) is 0 Å². The number of pyridine rings is 2. The molecular weight excluding hydrogens is 322 g/mol. The summed E-state index contributed by atoms with van der Waals surface area (Å²) < 4.78 is 7.94. The third-order valence-electron chi connectivity index (χ3n) is 5.38. The van der Waals surface area contributed by atoms with Crippen LogP contribution in [-0.2, 0) is 13.0 Å². The number of fused-ring (bicyclic) bond motifs is 1. The molecule has 4 heteroatoms. The molecule has 26 heavy (non-hydrogen) atoms. The molecule has 0 atom stereocenters. The fourth-order valence-electron chi connectivity index (χ4n) is 4.07. The van der Waals surface area contributed by atoms with Crippen molar-refractivity contribution in [2.75, 3.05) is 6.61 Å². The highest BCUT2D eigenvalue weighted by Gasteiger charge is 2.18. The summed E-state index contributed by atoms with van der Waals surface area (Å²) in [4.78, 5) is 9.26. The fourth-order valence-corrected chi connectivity index (χ4v) is 4.07. The number of nitrogens with zero attached hydrogens (tertiary/aromatic N) is 3. The predicted molar refractivity (Wildman–Crippen MR) is 105 cm³/mol. The maximum atomic E-state index is 5.51. The predicted octanol–water partition coefficient (Wildman–Crippen LogP) is 5.00. The second kappa shape index (κ2) is 7.90. The molecule has 3 heterocycles. The first-order valence-corrected chi connectivity index (χ1v) is 9.84. The van der Waals surface area contributed by atoms with Crippen molar-refractivity contribution < 1.29 is 4.74 Å². The number of hydrogen-bond acceptors (Lipinski definition) is 3. The van der Waals surface area contributed by atoms with Gasteiger partial charge in [-0.2, -0.15) is 0 Å². The molecular formula is C22H27N3O. The Labute approximate surface area is 155 Å². The van der Waals surface area contributed by atoms with E-state index in [1.165, 1.54) is 43.2 Å². The molecule has 0 unspecified atom stereocenters. The van der Waals surface area contributed by atoms with Gasteiger partial charge < -0.3 is 9.30 Å². The first-order valence-electron chi connectivity index (χ1n) is 9.84. The van der Waals surface area contributed by atoms with Gasteiger partial charge in [0.05, 0.1) is 12.8 Å². The lowest BCUT2D eigenvalue weighted by atomic mass is 9.89. The van der Waals surface area contributed by atoms with Crippen LogP contribution >= 0.6 is 0 Å². The molecule has 1 aliphatic rings. The molecule has 136 valence electrons. The molecule has 0 spiro atoms. The summed E-state index contributed by atoms with van der Waals surface area (Å²) in [5, 5.41) is 1.23. The second-order valence-corrected chi connectivity index (χ2v) is 7.26. The number of aromatic nitrogens is 3. The molecule has 1 saturated carbocycles. The zero-order chi connectivity index (χ0) is 17.8. The first-order chi connectivity index (χ1) is 12.8. The second-order valence-electron chi connectivity index (χ2n) is 7.26. The van der Waals surface area contributed by atoms with Crippen LogP contribution in [0.15, 0.2) is 42.7 Å². The molecule has 1 fully saturated rings. The molecule has 3 aromatic heterocycles. The summed E-state index contributed by atoms with van der Waals surface area (Å²) in [6, 6.07) is 10.5. The summed E-state index contributed by atoms with van der Waals surface area (Å²) >= 11 is 0. The zero-order valence-corrected chi connectivity index (χ0v) is 15.5. The van der Waals surface area contributed by atoms with Crippen molar-refractivity contribution in [3.63, 3.8) is 0 Å². The summed E-state index contributed by atoms with van der Waals surface area (Å²) in [5.41, 5.74) is 3.49. The Morgan fingerprint density at radius 3 is 2.77 bits per heavy atom. The summed E-state index contributed by atoms with van der Waals surface area (Å²) in [7, 11) is 0. The van der Waals surface area contributed by atoms with Gasteiger partial charge in [-0.05, 0) is 56.0 Å². The lowest BCUT2D eigenvalue weighted by Gasteiger charge is -2.23. The molecule has 0 aliphatic heterocycles. The van der Waals surface area contributed by atoms with E-state index in [-0.39, 0.29) is 0 Å². The van der Waals surface area contributed by atoms with Gasteiger partial charge in [-0.25, -0.2) is 4.98 Å². The van der Waals surface area contributed by atoms with Gasteiger partial charge in [-0.3, -0.25) is 4.98 Å². The Morgan fingerprint density at radius 1 is 1.12 bits per heavy atom. The minimum atomic E-state index is 0.669. The molecule has 1 aliphatic carbocycles. The van der Waals surface area contributed by atoms with Gasteiger partial charge in [-0.1, -0.05) is 19.3 Å². The van der Waals surface area contributed by atoms with Crippen molar-refractivity contribution in [1.29, 1.82) is 0 Å². The van der Waals surface area contributed by atoms with E-state index in [1.54, 1.807) is 0 Å². The van der Waals surface area contributed by atoms with Crippen LogP contribution < -0.4 is 4.74 Å². The highest BCUT2D eigenvalue weighted by Crippen LogP contribution is 2.28. The van der Waals surface area contributed by atoms with Crippen LogP contribution in [-0.4, -0.2) is 21.1 Å². The van der Waals surface area contributed by atoms with Crippen LogP contribution in [0, 0.1) is 5.92 Å². The highest BCUT2D eigenvalue weighted by atomic mass is 16.5. The van der Waals surface area contributed by atoms with Crippen LogP contribution in [0.1, 0.15) is 50.4 Å². The molecule has 0 N–H and O–H groups in total. The molecule has 0 amide bonds. The van der Waals surface area contributed by atoms with Crippen molar-refractivity contribution in [3.8, 4) is 5.75 Å². The Balaban J connectivity index is 1.61. The van der Waals surface area contributed by atoms with Crippen molar-refractivity contribution in [2.24, 2.45) is 5.92 Å². The van der Waals surface area contributed by atoms with E-state index < -0.39 is 0 Å². The van der Waals surface area contributed by atoms with Crippen molar-refractivity contribution in [1.82, 2.24) is 14.5 Å². The van der Waals surface area contributed by atoms with Gasteiger partial charge in [0.25, 0.3) is 0 Å². The first kappa shape index (κ1) is 17.1. The molecule has 0 aromatic carbocycles. The lowest BCUT2D eigenvalue weighted by Crippen LogP contribution is -2.16. The van der Waals surface area contributed by atoms with Crippen LogP contribution in [0.3, 0.4) is 0 Å². The number of hydrogen-bond donors (Lipinski definition) is 0. The third-order valence-corrected chi connectivity index (χ3v) is 5.38. The normalized spacial score (nSPS) is 15.4. The Bertz CT molecular complexity index is 847. The minimum absolute atomic E-state index is 0.669. The lowest BCUT2D eigenvalue weighted by molar-refractivity contribution is 0.320. The van der Waals surface area contributed by atoms with Crippen LogP contribution in [0.4, 0.5) is 0 Å². The van der Waals surface area contributed by atoms with E-state index in [0.717, 1.165) is 36.0 Å². The summed E-state index contributed by atoms with van der Waals surface area (Å²) in [6.45, 7) is 3.74. The van der Waals surface area contributed by atoms with Crippen LogP contribution in [0.2, 0.25) is 0 Å². The fraction of sp³-hybridized carbons (Fsp3) is 0.455. The maximum absolute atomic E-state index is 5.51. The SMILES string of the molecule is CCOc1ccc(Cc2cc3cccnc3n2CC2CCCCC2)nc1. The van der Waals surface area contributed by atoms with Crippen molar-refractivity contribution in [3.05, 3.63) is 54.1 Å². The molecule has 3 aromatic rings. The van der Waals surface area contributed by atoms with Gasteiger partial charge >= 0.3 is 0 Å². The third kappa shape index (κ3) is 3.74. The average molecular weight is 349 g/mol. The number of ether oxygens (including phenoxy) is 1. The Kier molecular flexibility index (Phi) is 5.19. The molecule has 0 radical (unpaired) electrons. The van der Waals surface area contributed by atoms with Crippen LogP contribution in [0.5, 0.6) is 5.75 Å². The Hall–Kier alpha value is -2.36. The van der Waals surface area contributed by atoms with Gasteiger partial charge in [0.2, 0.25) is 0 Å². The summed E-state index contributed by atoms with van der Waals surface area (Å²) in [5.74, 6) is 1.61. The zero-order valence-electron chi connectivity index (χ0n) is 15.5. The van der Waals surface area contributed by atoms with Gasteiger partial charge in [0, 0.05) is 35.9 Å². The van der Waals surface area contributed by atoms with Crippen LogP contribution in [0.25, 0.3) is 11.0 Å². The van der Waals surface area contributed by atoms with E-state index in [0.29, 0.717) is 6.61 Å². The maximum Gasteiger partial charge on any atom is 0.140 e. The largest absolute Gasteiger partial charge is 0.492 e. The Morgan fingerprint density at radius 2 is 2.00 bits per heavy atom. The standard InChI is InChI=1S/C22H27N3O/c1-2-26-21-11-10-19(24-15-21)14-20-13-18-9-6-12-23-22(18)25(20)16-17-7-4-3-5-8-17/h6,9-13,15,17H,2-5,7-8,14,16H2,1H3. The smallest absolute Gasteiger partial charge is 0.140 e. The highest BCUT2D eigenvalue weighted by molar-refractivity contribution is 5.77. The molecule has 0 saturated heterocycles. The molecule has 4 rings (SSSR count). The molecule has 4 nitrogen and oxygen atoms in total. The monoisotopic (exact) mass is 349 g/mol.